The number of amides is 1. The van der Waals surface area contributed by atoms with Gasteiger partial charge in [0, 0.05) is 26.1 Å². The standard InChI is InChI=1S/C15H30N2O/c1-3-4-5-6-10-15(18)17(2)13-11-14-9-7-8-12-16-14/h14,16H,3-13H2,1-2H3. The molecular formula is C15H30N2O. The zero-order valence-corrected chi connectivity index (χ0v) is 12.2. The minimum atomic E-state index is 0.321. The Morgan fingerprint density at radius 2 is 2.11 bits per heavy atom. The molecule has 18 heavy (non-hydrogen) atoms. The van der Waals surface area contributed by atoms with E-state index in [-0.39, 0.29) is 0 Å². The van der Waals surface area contributed by atoms with E-state index in [1.165, 1.54) is 38.5 Å². The van der Waals surface area contributed by atoms with Gasteiger partial charge in [0.25, 0.3) is 0 Å². The minimum Gasteiger partial charge on any atom is -0.346 e. The van der Waals surface area contributed by atoms with Gasteiger partial charge in [0.05, 0.1) is 0 Å². The highest BCUT2D eigenvalue weighted by molar-refractivity contribution is 5.75. The molecule has 1 N–H and O–H groups in total. The van der Waals surface area contributed by atoms with E-state index in [1.807, 2.05) is 11.9 Å². The van der Waals surface area contributed by atoms with Crippen molar-refractivity contribution in [2.75, 3.05) is 20.1 Å². The average molecular weight is 254 g/mol. The third kappa shape index (κ3) is 6.39. The maximum atomic E-state index is 11.9. The van der Waals surface area contributed by atoms with Gasteiger partial charge in [0.1, 0.15) is 0 Å². The summed E-state index contributed by atoms with van der Waals surface area (Å²) in [5.41, 5.74) is 0. The molecule has 1 saturated heterocycles. The average Bonchev–Trinajstić information content (AvgIpc) is 2.42. The summed E-state index contributed by atoms with van der Waals surface area (Å²) >= 11 is 0. The molecule has 0 aromatic rings. The van der Waals surface area contributed by atoms with E-state index in [1.54, 1.807) is 0 Å². The van der Waals surface area contributed by atoms with Crippen molar-refractivity contribution in [1.29, 1.82) is 0 Å². The second-order valence-electron chi connectivity index (χ2n) is 5.56. The van der Waals surface area contributed by atoms with Gasteiger partial charge >= 0.3 is 0 Å². The number of hydrogen-bond acceptors (Lipinski definition) is 2. The van der Waals surface area contributed by atoms with Crippen LogP contribution in [-0.4, -0.2) is 37.0 Å². The van der Waals surface area contributed by atoms with Gasteiger partial charge in [-0.25, -0.2) is 0 Å². The Hall–Kier alpha value is -0.570. The van der Waals surface area contributed by atoms with Crippen LogP contribution in [0.1, 0.15) is 64.7 Å². The molecule has 0 aromatic heterocycles. The highest BCUT2D eigenvalue weighted by Gasteiger charge is 2.14. The first-order valence-corrected chi connectivity index (χ1v) is 7.71. The lowest BCUT2D eigenvalue weighted by atomic mass is 10.0. The summed E-state index contributed by atoms with van der Waals surface area (Å²) in [5, 5.41) is 3.54. The van der Waals surface area contributed by atoms with Crippen LogP contribution in [0.4, 0.5) is 0 Å². The molecule has 1 rings (SSSR count). The summed E-state index contributed by atoms with van der Waals surface area (Å²) < 4.78 is 0. The van der Waals surface area contributed by atoms with Crippen molar-refractivity contribution in [3.63, 3.8) is 0 Å². The molecule has 0 saturated carbocycles. The maximum Gasteiger partial charge on any atom is 0.222 e. The van der Waals surface area contributed by atoms with Gasteiger partial charge < -0.3 is 10.2 Å². The van der Waals surface area contributed by atoms with Crippen molar-refractivity contribution in [3.8, 4) is 0 Å². The van der Waals surface area contributed by atoms with Gasteiger partial charge in [-0.15, -0.1) is 0 Å². The Bertz CT molecular complexity index is 225. The van der Waals surface area contributed by atoms with Crippen LogP contribution >= 0.6 is 0 Å². The van der Waals surface area contributed by atoms with Crippen LogP contribution in [0, 0.1) is 0 Å². The van der Waals surface area contributed by atoms with Crippen molar-refractivity contribution in [3.05, 3.63) is 0 Å². The zero-order valence-electron chi connectivity index (χ0n) is 12.2. The number of rotatable bonds is 8. The Balaban J connectivity index is 2.07. The monoisotopic (exact) mass is 254 g/mol. The number of carbonyl (C=O) groups excluding carboxylic acids is 1. The van der Waals surface area contributed by atoms with Crippen molar-refractivity contribution in [2.24, 2.45) is 0 Å². The zero-order chi connectivity index (χ0) is 13.2. The van der Waals surface area contributed by atoms with Gasteiger partial charge in [0.15, 0.2) is 0 Å². The van der Waals surface area contributed by atoms with Crippen molar-refractivity contribution < 1.29 is 4.79 Å². The molecule has 0 bridgehead atoms. The highest BCUT2D eigenvalue weighted by atomic mass is 16.2. The normalized spacial score (nSPS) is 19.8. The van der Waals surface area contributed by atoms with E-state index < -0.39 is 0 Å². The fraction of sp³-hybridized carbons (Fsp3) is 0.933. The van der Waals surface area contributed by atoms with Crippen LogP contribution in [0.2, 0.25) is 0 Å². The fourth-order valence-electron chi connectivity index (χ4n) is 2.54. The van der Waals surface area contributed by atoms with E-state index in [9.17, 15) is 4.79 Å². The molecule has 1 aliphatic heterocycles. The lowest BCUT2D eigenvalue weighted by molar-refractivity contribution is -0.130. The highest BCUT2D eigenvalue weighted by Crippen LogP contribution is 2.11. The summed E-state index contributed by atoms with van der Waals surface area (Å²) in [6.07, 6.45) is 10.5. The molecule has 0 aromatic carbocycles. The Morgan fingerprint density at radius 1 is 1.28 bits per heavy atom. The molecule has 1 heterocycles. The molecule has 0 aliphatic carbocycles. The maximum absolute atomic E-state index is 11.9. The number of hydrogen-bond donors (Lipinski definition) is 1. The van der Waals surface area contributed by atoms with Gasteiger partial charge in [-0.2, -0.15) is 0 Å². The molecule has 3 nitrogen and oxygen atoms in total. The van der Waals surface area contributed by atoms with Crippen molar-refractivity contribution in [2.45, 2.75) is 70.8 Å². The van der Waals surface area contributed by atoms with Gasteiger partial charge in [-0.3, -0.25) is 4.79 Å². The molecule has 1 unspecified atom stereocenters. The van der Waals surface area contributed by atoms with E-state index in [2.05, 4.69) is 12.2 Å². The quantitative estimate of drug-likeness (QED) is 0.675. The third-order valence-corrected chi connectivity index (χ3v) is 3.90. The molecule has 0 spiro atoms. The molecule has 1 fully saturated rings. The summed E-state index contributed by atoms with van der Waals surface area (Å²) in [6, 6.07) is 0.633. The molecule has 1 aliphatic rings. The van der Waals surface area contributed by atoms with Crippen molar-refractivity contribution in [1.82, 2.24) is 10.2 Å². The number of carbonyl (C=O) groups is 1. The minimum absolute atomic E-state index is 0.321. The fourth-order valence-corrected chi connectivity index (χ4v) is 2.54. The predicted molar refractivity (Wildman–Crippen MR) is 76.7 cm³/mol. The van der Waals surface area contributed by atoms with Crippen LogP contribution in [0.25, 0.3) is 0 Å². The number of unbranched alkanes of at least 4 members (excludes halogenated alkanes) is 3. The van der Waals surface area contributed by atoms with Gasteiger partial charge in [-0.05, 0) is 32.2 Å². The van der Waals surface area contributed by atoms with Crippen molar-refractivity contribution >= 4 is 5.91 Å². The Kier molecular flexibility index (Phi) is 8.06. The first kappa shape index (κ1) is 15.5. The summed E-state index contributed by atoms with van der Waals surface area (Å²) in [6.45, 7) is 4.26. The summed E-state index contributed by atoms with van der Waals surface area (Å²) in [4.78, 5) is 13.8. The van der Waals surface area contributed by atoms with Crippen LogP contribution in [0.15, 0.2) is 0 Å². The van der Waals surface area contributed by atoms with Crippen LogP contribution in [0.3, 0.4) is 0 Å². The van der Waals surface area contributed by atoms with Crippen LogP contribution in [-0.2, 0) is 4.79 Å². The molecule has 3 heteroatoms. The smallest absolute Gasteiger partial charge is 0.222 e. The second kappa shape index (κ2) is 9.37. The SMILES string of the molecule is CCCCCCC(=O)N(C)CCC1CCCCN1. The first-order chi connectivity index (χ1) is 8.74. The molecule has 1 amide bonds. The first-order valence-electron chi connectivity index (χ1n) is 7.71. The van der Waals surface area contributed by atoms with E-state index in [4.69, 9.17) is 0 Å². The van der Waals surface area contributed by atoms with E-state index >= 15 is 0 Å². The topological polar surface area (TPSA) is 32.3 Å². The lowest BCUT2D eigenvalue weighted by Gasteiger charge is -2.26. The number of nitrogens with one attached hydrogen (secondary N) is 1. The van der Waals surface area contributed by atoms with E-state index in [0.29, 0.717) is 11.9 Å². The summed E-state index contributed by atoms with van der Waals surface area (Å²) in [7, 11) is 1.95. The Labute approximate surface area is 112 Å². The van der Waals surface area contributed by atoms with Gasteiger partial charge in [0.2, 0.25) is 5.91 Å². The molecule has 0 radical (unpaired) electrons. The lowest BCUT2D eigenvalue weighted by Crippen LogP contribution is -2.38. The van der Waals surface area contributed by atoms with E-state index in [0.717, 1.165) is 32.4 Å². The molecule has 1 atom stereocenters. The number of nitrogens with zero attached hydrogens (tertiary/aromatic N) is 1. The van der Waals surface area contributed by atoms with Gasteiger partial charge in [-0.1, -0.05) is 32.6 Å². The third-order valence-electron chi connectivity index (χ3n) is 3.90. The second-order valence-corrected chi connectivity index (χ2v) is 5.56. The van der Waals surface area contributed by atoms with Crippen LogP contribution < -0.4 is 5.32 Å². The molecular weight excluding hydrogens is 224 g/mol. The predicted octanol–water partition coefficient (Wildman–Crippen LogP) is 2.95. The number of piperidine rings is 1. The summed E-state index contributed by atoms with van der Waals surface area (Å²) in [5.74, 6) is 0.321. The largest absolute Gasteiger partial charge is 0.346 e. The Morgan fingerprint density at radius 3 is 2.78 bits per heavy atom. The van der Waals surface area contributed by atoms with Crippen LogP contribution in [0.5, 0.6) is 0 Å². The molecule has 106 valence electrons.